The summed E-state index contributed by atoms with van der Waals surface area (Å²) in [7, 11) is 0. The van der Waals surface area contributed by atoms with Gasteiger partial charge in [-0.25, -0.2) is 0 Å². The van der Waals surface area contributed by atoms with Crippen LogP contribution in [0.4, 0.5) is 0 Å². The number of nitrogens with zero attached hydrogens (tertiary/aromatic N) is 3. The van der Waals surface area contributed by atoms with Crippen molar-refractivity contribution < 1.29 is 4.74 Å². The summed E-state index contributed by atoms with van der Waals surface area (Å²) in [4.78, 5) is 0. The van der Waals surface area contributed by atoms with Gasteiger partial charge in [-0.3, -0.25) is 0 Å². The first-order chi connectivity index (χ1) is 14.6. The highest BCUT2D eigenvalue weighted by Gasteiger charge is 2.20. The number of aromatic nitrogens is 3. The van der Waals surface area contributed by atoms with E-state index in [1.165, 1.54) is 16.3 Å². The van der Waals surface area contributed by atoms with Crippen molar-refractivity contribution in [2.24, 2.45) is 0 Å². The van der Waals surface area contributed by atoms with Crippen molar-refractivity contribution in [2.75, 3.05) is 0 Å². The molecule has 3 aromatic carbocycles. The number of fused-ring (bicyclic) bond motifs is 1. The van der Waals surface area contributed by atoms with Gasteiger partial charge in [-0.2, -0.15) is 0 Å². The van der Waals surface area contributed by atoms with Crippen molar-refractivity contribution >= 4 is 45.7 Å². The second-order valence-corrected chi connectivity index (χ2v) is 8.63. The summed E-state index contributed by atoms with van der Waals surface area (Å²) in [5.74, 6) is 2.16. The summed E-state index contributed by atoms with van der Waals surface area (Å²) >= 11 is 13.9. The maximum Gasteiger partial charge on any atom is 0.191 e. The van der Waals surface area contributed by atoms with E-state index in [4.69, 9.17) is 27.9 Å². The fourth-order valence-corrected chi connectivity index (χ4v) is 4.85. The molecule has 7 heteroatoms. The minimum absolute atomic E-state index is 0.303. The van der Waals surface area contributed by atoms with Crippen LogP contribution in [0.25, 0.3) is 10.8 Å². The van der Waals surface area contributed by atoms with Crippen LogP contribution in [-0.4, -0.2) is 14.8 Å². The van der Waals surface area contributed by atoms with Gasteiger partial charge in [0.25, 0.3) is 0 Å². The summed E-state index contributed by atoms with van der Waals surface area (Å²) in [5, 5.41) is 13.3. The molecular formula is C23H21Cl2N3OS. The van der Waals surface area contributed by atoms with Crippen LogP contribution in [0.1, 0.15) is 31.3 Å². The molecule has 0 saturated carbocycles. The molecular weight excluding hydrogens is 437 g/mol. The highest BCUT2D eigenvalue weighted by atomic mass is 35.5. The van der Waals surface area contributed by atoms with E-state index >= 15 is 0 Å². The smallest absolute Gasteiger partial charge is 0.191 e. The Kier molecular flexibility index (Phi) is 6.52. The van der Waals surface area contributed by atoms with E-state index in [2.05, 4.69) is 64.2 Å². The van der Waals surface area contributed by atoms with Gasteiger partial charge in [-0.1, -0.05) is 77.4 Å². The fraction of sp³-hybridized carbons (Fsp3) is 0.217. The van der Waals surface area contributed by atoms with Crippen LogP contribution in [0.3, 0.4) is 0 Å². The Morgan fingerprint density at radius 3 is 2.63 bits per heavy atom. The molecule has 0 bridgehead atoms. The van der Waals surface area contributed by atoms with Crippen molar-refractivity contribution in [3.8, 4) is 5.75 Å². The summed E-state index contributed by atoms with van der Waals surface area (Å²) in [5.41, 5.74) is 1.28. The van der Waals surface area contributed by atoms with Gasteiger partial charge in [0.1, 0.15) is 5.75 Å². The molecule has 1 unspecified atom stereocenters. The lowest BCUT2D eigenvalue weighted by Gasteiger charge is -2.16. The average molecular weight is 458 g/mol. The topological polar surface area (TPSA) is 39.9 Å². The van der Waals surface area contributed by atoms with E-state index in [0.717, 1.165) is 23.3 Å². The van der Waals surface area contributed by atoms with Crippen LogP contribution in [-0.2, 0) is 12.3 Å². The molecule has 0 N–H and O–H groups in total. The van der Waals surface area contributed by atoms with E-state index < -0.39 is 0 Å². The van der Waals surface area contributed by atoms with Gasteiger partial charge in [0.05, 0.1) is 5.02 Å². The zero-order valence-electron chi connectivity index (χ0n) is 16.7. The number of ether oxygens (including phenoxy) is 1. The molecule has 0 aliphatic heterocycles. The molecule has 0 spiro atoms. The molecule has 1 aromatic heterocycles. The Labute approximate surface area is 190 Å². The van der Waals surface area contributed by atoms with Crippen molar-refractivity contribution in [2.45, 2.75) is 37.4 Å². The number of hydrogen-bond acceptors (Lipinski definition) is 4. The minimum atomic E-state index is -0.303. The molecule has 4 nitrogen and oxygen atoms in total. The lowest BCUT2D eigenvalue weighted by atomic mass is 10.1. The van der Waals surface area contributed by atoms with E-state index in [1.807, 2.05) is 6.92 Å². The highest BCUT2D eigenvalue weighted by molar-refractivity contribution is 7.98. The number of rotatable bonds is 7. The standard InChI is InChI=1S/C23H21Cl2N3OS/c1-3-28-22(15(2)29-21-12-11-18(24)13-20(21)25)26-27-23(28)30-14-17-9-6-8-16-7-4-5-10-19(16)17/h4-13,15H,3,14H2,1-2H3. The maximum absolute atomic E-state index is 6.25. The van der Waals surface area contributed by atoms with E-state index in [1.54, 1.807) is 30.0 Å². The third-order valence-electron chi connectivity index (χ3n) is 4.86. The molecule has 0 radical (unpaired) electrons. The fourth-order valence-electron chi connectivity index (χ4n) is 3.38. The Bertz CT molecular complexity index is 1170. The molecule has 1 atom stereocenters. The van der Waals surface area contributed by atoms with E-state index in [9.17, 15) is 0 Å². The van der Waals surface area contributed by atoms with E-state index in [0.29, 0.717) is 15.8 Å². The molecule has 4 aromatic rings. The van der Waals surface area contributed by atoms with Gasteiger partial charge in [0, 0.05) is 17.3 Å². The second kappa shape index (κ2) is 9.29. The number of hydrogen-bond donors (Lipinski definition) is 0. The first-order valence-electron chi connectivity index (χ1n) is 9.71. The molecule has 30 heavy (non-hydrogen) atoms. The minimum Gasteiger partial charge on any atom is -0.481 e. The summed E-state index contributed by atoms with van der Waals surface area (Å²) in [6, 6.07) is 20.0. The molecule has 1 heterocycles. The van der Waals surface area contributed by atoms with Crippen LogP contribution in [0.2, 0.25) is 10.0 Å². The van der Waals surface area contributed by atoms with Crippen LogP contribution in [0, 0.1) is 0 Å². The van der Waals surface area contributed by atoms with Crippen LogP contribution >= 0.6 is 35.0 Å². The molecule has 0 fully saturated rings. The number of halogens is 2. The Morgan fingerprint density at radius 1 is 1.03 bits per heavy atom. The molecule has 0 aliphatic carbocycles. The van der Waals surface area contributed by atoms with Crippen LogP contribution in [0.5, 0.6) is 5.75 Å². The summed E-state index contributed by atoms with van der Waals surface area (Å²) in [6.45, 7) is 4.78. The monoisotopic (exact) mass is 457 g/mol. The zero-order chi connectivity index (χ0) is 21.1. The first-order valence-corrected chi connectivity index (χ1v) is 11.4. The van der Waals surface area contributed by atoms with E-state index in [-0.39, 0.29) is 6.10 Å². The van der Waals surface area contributed by atoms with Crippen molar-refractivity contribution in [1.82, 2.24) is 14.8 Å². The predicted octanol–water partition coefficient (Wildman–Crippen LogP) is 7.19. The van der Waals surface area contributed by atoms with Crippen molar-refractivity contribution in [1.29, 1.82) is 0 Å². The Balaban J connectivity index is 1.53. The van der Waals surface area contributed by atoms with Crippen LogP contribution < -0.4 is 4.74 Å². The summed E-state index contributed by atoms with van der Waals surface area (Å²) in [6.07, 6.45) is -0.303. The lowest BCUT2D eigenvalue weighted by molar-refractivity contribution is 0.210. The molecule has 154 valence electrons. The second-order valence-electron chi connectivity index (χ2n) is 6.85. The summed E-state index contributed by atoms with van der Waals surface area (Å²) < 4.78 is 8.13. The molecule has 0 saturated heterocycles. The van der Waals surface area contributed by atoms with Crippen molar-refractivity contribution in [3.05, 3.63) is 82.1 Å². The molecule has 0 aliphatic rings. The van der Waals surface area contributed by atoms with Crippen molar-refractivity contribution in [3.63, 3.8) is 0 Å². The van der Waals surface area contributed by atoms with Gasteiger partial charge in [-0.05, 0) is 48.4 Å². The highest BCUT2D eigenvalue weighted by Crippen LogP contribution is 2.32. The van der Waals surface area contributed by atoms with Gasteiger partial charge in [0.15, 0.2) is 17.1 Å². The quantitative estimate of drug-likeness (QED) is 0.275. The molecule has 0 amide bonds. The first kappa shape index (κ1) is 21.0. The maximum atomic E-state index is 6.25. The zero-order valence-corrected chi connectivity index (χ0v) is 19.0. The predicted molar refractivity (Wildman–Crippen MR) is 125 cm³/mol. The van der Waals surface area contributed by atoms with Gasteiger partial charge in [0.2, 0.25) is 0 Å². The number of thioether (sulfide) groups is 1. The van der Waals surface area contributed by atoms with Gasteiger partial charge in [-0.15, -0.1) is 10.2 Å². The largest absolute Gasteiger partial charge is 0.481 e. The Hall–Kier alpha value is -2.21. The average Bonchev–Trinajstić information content (AvgIpc) is 3.17. The van der Waals surface area contributed by atoms with Gasteiger partial charge >= 0.3 is 0 Å². The third-order valence-corrected chi connectivity index (χ3v) is 6.41. The van der Waals surface area contributed by atoms with Gasteiger partial charge < -0.3 is 9.30 Å². The Morgan fingerprint density at radius 2 is 1.83 bits per heavy atom. The molecule has 4 rings (SSSR count). The normalized spacial score (nSPS) is 12.3. The number of benzene rings is 3. The third kappa shape index (κ3) is 4.43. The lowest BCUT2D eigenvalue weighted by Crippen LogP contribution is -2.12. The van der Waals surface area contributed by atoms with Crippen LogP contribution in [0.15, 0.2) is 65.8 Å². The SMILES string of the molecule is CCn1c(SCc2cccc3ccccc23)nnc1C(C)Oc1ccc(Cl)cc1Cl.